The van der Waals surface area contributed by atoms with E-state index in [1.165, 1.54) is 0 Å². The molecule has 1 aliphatic rings. The Hall–Kier alpha value is -3.43. The number of piperidine rings is 1. The van der Waals surface area contributed by atoms with Crippen molar-refractivity contribution in [3.8, 4) is 11.5 Å². The molecule has 3 aromatic heterocycles. The molecule has 1 unspecified atom stereocenters. The molecule has 4 N–H and O–H groups in total. The zero-order chi connectivity index (χ0) is 21.9. The van der Waals surface area contributed by atoms with Crippen LogP contribution in [0, 0.1) is 6.92 Å². The molecule has 5 rings (SSSR count). The maximum Gasteiger partial charge on any atom is 0.187 e. The molecule has 9 heteroatoms. The maximum absolute atomic E-state index is 6.22. The van der Waals surface area contributed by atoms with Crippen molar-refractivity contribution in [2.24, 2.45) is 0 Å². The number of nitrogens with zero attached hydrogens (tertiary/aromatic N) is 3. The van der Waals surface area contributed by atoms with Gasteiger partial charge in [-0.2, -0.15) is 5.10 Å². The molecule has 1 aromatic carbocycles. The Balaban J connectivity index is 1.32. The first-order chi connectivity index (χ1) is 15.7. The van der Waals surface area contributed by atoms with E-state index in [0.29, 0.717) is 17.4 Å². The molecule has 0 saturated carbocycles. The average Bonchev–Trinajstić information content (AvgIpc) is 3.41. The van der Waals surface area contributed by atoms with Crippen LogP contribution in [0.4, 0.5) is 10.9 Å². The van der Waals surface area contributed by atoms with Gasteiger partial charge in [-0.05, 0) is 56.1 Å². The topological polar surface area (TPSA) is 99.8 Å². The number of aromatic nitrogens is 4. The number of aryl methyl sites for hydroxylation is 1. The van der Waals surface area contributed by atoms with Crippen molar-refractivity contribution < 1.29 is 4.74 Å². The van der Waals surface area contributed by atoms with Gasteiger partial charge in [0.05, 0.1) is 0 Å². The molecule has 32 heavy (non-hydrogen) atoms. The maximum atomic E-state index is 6.22. The van der Waals surface area contributed by atoms with E-state index < -0.39 is 0 Å². The number of fused-ring (bicyclic) bond motifs is 1. The standard InChI is InChI=1S/C23H25N7OS/c1-14-12-26-23(32-14)27-15(2)16-5-7-18(8-6-16)31-19-9-11-25-21-20(19)22(30-29-21)28-17-4-3-10-24-13-17/h5-9,11-12,17,24H,2-4,10,13H2,1H3,(H,26,27)(H2,25,28,29,30). The minimum atomic E-state index is 0.336. The quantitative estimate of drug-likeness (QED) is 0.324. The molecule has 164 valence electrons. The van der Waals surface area contributed by atoms with Crippen LogP contribution >= 0.6 is 11.3 Å². The van der Waals surface area contributed by atoms with Crippen LogP contribution in [-0.2, 0) is 0 Å². The number of benzene rings is 1. The zero-order valence-corrected chi connectivity index (χ0v) is 18.6. The second-order valence-electron chi connectivity index (χ2n) is 7.80. The third-order valence-electron chi connectivity index (χ3n) is 5.37. The summed E-state index contributed by atoms with van der Waals surface area (Å²) < 4.78 is 6.22. The minimum absolute atomic E-state index is 0.336. The molecule has 0 bridgehead atoms. The highest BCUT2D eigenvalue weighted by Gasteiger charge is 2.18. The van der Waals surface area contributed by atoms with Gasteiger partial charge in [-0.1, -0.05) is 6.58 Å². The number of ether oxygens (including phenoxy) is 1. The van der Waals surface area contributed by atoms with Crippen LogP contribution in [0.15, 0.2) is 49.3 Å². The molecule has 1 fully saturated rings. The van der Waals surface area contributed by atoms with Gasteiger partial charge in [-0.15, -0.1) is 11.3 Å². The Morgan fingerprint density at radius 1 is 1.22 bits per heavy atom. The smallest absolute Gasteiger partial charge is 0.187 e. The van der Waals surface area contributed by atoms with Crippen molar-refractivity contribution in [1.82, 2.24) is 25.5 Å². The number of anilines is 2. The molecule has 1 aliphatic heterocycles. The Morgan fingerprint density at radius 2 is 2.09 bits per heavy atom. The van der Waals surface area contributed by atoms with Crippen molar-refractivity contribution in [3.05, 3.63) is 59.7 Å². The van der Waals surface area contributed by atoms with E-state index >= 15 is 0 Å². The van der Waals surface area contributed by atoms with Gasteiger partial charge in [-0.25, -0.2) is 9.97 Å². The van der Waals surface area contributed by atoms with Gasteiger partial charge in [0, 0.05) is 41.6 Å². The second kappa shape index (κ2) is 8.97. The second-order valence-corrected chi connectivity index (χ2v) is 9.03. The average molecular weight is 448 g/mol. The molecule has 8 nitrogen and oxygen atoms in total. The summed E-state index contributed by atoms with van der Waals surface area (Å²) in [5.41, 5.74) is 2.46. The fourth-order valence-corrected chi connectivity index (χ4v) is 4.44. The lowest BCUT2D eigenvalue weighted by atomic mass is 10.1. The summed E-state index contributed by atoms with van der Waals surface area (Å²) in [7, 11) is 0. The Kier molecular flexibility index (Phi) is 5.74. The van der Waals surface area contributed by atoms with Gasteiger partial charge >= 0.3 is 0 Å². The number of pyridine rings is 1. The van der Waals surface area contributed by atoms with Crippen molar-refractivity contribution in [1.29, 1.82) is 0 Å². The van der Waals surface area contributed by atoms with E-state index in [1.54, 1.807) is 17.5 Å². The minimum Gasteiger partial charge on any atom is -0.456 e. The summed E-state index contributed by atoms with van der Waals surface area (Å²) in [5, 5.41) is 19.3. The number of rotatable bonds is 7. The van der Waals surface area contributed by atoms with Crippen LogP contribution in [0.25, 0.3) is 16.7 Å². The van der Waals surface area contributed by atoms with Gasteiger partial charge in [0.25, 0.3) is 0 Å². The fourth-order valence-electron chi connectivity index (χ4n) is 3.75. The molecule has 1 saturated heterocycles. The largest absolute Gasteiger partial charge is 0.456 e. The molecular weight excluding hydrogens is 422 g/mol. The summed E-state index contributed by atoms with van der Waals surface area (Å²) in [6.07, 6.45) is 5.82. The Labute approximate surface area is 190 Å². The molecule has 0 spiro atoms. The third-order valence-corrected chi connectivity index (χ3v) is 6.20. The summed E-state index contributed by atoms with van der Waals surface area (Å²) in [4.78, 5) is 9.88. The van der Waals surface area contributed by atoms with Crippen LogP contribution in [0.3, 0.4) is 0 Å². The number of hydrogen-bond donors (Lipinski definition) is 4. The van der Waals surface area contributed by atoms with Gasteiger partial charge < -0.3 is 20.7 Å². The van der Waals surface area contributed by atoms with E-state index in [9.17, 15) is 0 Å². The van der Waals surface area contributed by atoms with E-state index in [2.05, 4.69) is 42.7 Å². The molecule has 4 heterocycles. The van der Waals surface area contributed by atoms with Crippen molar-refractivity contribution >= 4 is 39.0 Å². The van der Waals surface area contributed by atoms with E-state index in [1.807, 2.05) is 43.5 Å². The lowest BCUT2D eigenvalue weighted by Gasteiger charge is -2.23. The van der Waals surface area contributed by atoms with Crippen LogP contribution in [0.1, 0.15) is 23.3 Å². The van der Waals surface area contributed by atoms with Gasteiger partial charge in [0.2, 0.25) is 0 Å². The van der Waals surface area contributed by atoms with Gasteiger partial charge in [0.15, 0.2) is 16.6 Å². The summed E-state index contributed by atoms with van der Waals surface area (Å²) >= 11 is 1.60. The monoisotopic (exact) mass is 447 g/mol. The van der Waals surface area contributed by atoms with E-state index in [4.69, 9.17) is 4.74 Å². The Morgan fingerprint density at radius 3 is 2.84 bits per heavy atom. The number of hydrogen-bond acceptors (Lipinski definition) is 8. The third kappa shape index (κ3) is 4.44. The number of nitrogens with one attached hydrogen (secondary N) is 4. The predicted molar refractivity (Wildman–Crippen MR) is 129 cm³/mol. The van der Waals surface area contributed by atoms with Gasteiger partial charge in [-0.3, -0.25) is 5.10 Å². The normalized spacial score (nSPS) is 16.1. The number of aromatic amines is 1. The van der Waals surface area contributed by atoms with Crippen molar-refractivity contribution in [3.63, 3.8) is 0 Å². The van der Waals surface area contributed by atoms with Crippen molar-refractivity contribution in [2.75, 3.05) is 23.7 Å². The summed E-state index contributed by atoms with van der Waals surface area (Å²) in [6.45, 7) is 8.14. The van der Waals surface area contributed by atoms with Gasteiger partial charge in [0.1, 0.15) is 16.9 Å². The number of thiazole rings is 1. The summed E-state index contributed by atoms with van der Waals surface area (Å²) in [6, 6.07) is 10.0. The highest BCUT2D eigenvalue weighted by molar-refractivity contribution is 7.15. The highest BCUT2D eigenvalue weighted by atomic mass is 32.1. The number of H-pyrrole nitrogens is 1. The van der Waals surface area contributed by atoms with Crippen LogP contribution in [0.2, 0.25) is 0 Å². The molecule has 0 aliphatic carbocycles. The first-order valence-corrected chi connectivity index (χ1v) is 11.4. The molecular formula is C23H25N7OS. The van der Waals surface area contributed by atoms with E-state index in [0.717, 1.165) is 64.2 Å². The fraction of sp³-hybridized carbons (Fsp3) is 0.261. The summed E-state index contributed by atoms with van der Waals surface area (Å²) in [5.74, 6) is 2.20. The lowest BCUT2D eigenvalue weighted by molar-refractivity contribution is 0.478. The molecule has 0 radical (unpaired) electrons. The van der Waals surface area contributed by atoms with Crippen LogP contribution in [-0.4, -0.2) is 39.3 Å². The van der Waals surface area contributed by atoms with Crippen molar-refractivity contribution in [2.45, 2.75) is 25.8 Å². The first-order valence-electron chi connectivity index (χ1n) is 10.6. The van der Waals surface area contributed by atoms with Crippen LogP contribution in [0.5, 0.6) is 11.5 Å². The zero-order valence-electron chi connectivity index (χ0n) is 17.8. The molecule has 4 aromatic rings. The highest BCUT2D eigenvalue weighted by Crippen LogP contribution is 2.34. The predicted octanol–water partition coefficient (Wildman–Crippen LogP) is 4.76. The molecule has 1 atom stereocenters. The van der Waals surface area contributed by atoms with E-state index in [-0.39, 0.29) is 0 Å². The molecule has 0 amide bonds. The first kappa shape index (κ1) is 20.5. The van der Waals surface area contributed by atoms with Crippen LogP contribution < -0.4 is 20.7 Å². The SMILES string of the molecule is C=C(Nc1ncc(C)s1)c1ccc(Oc2ccnc3[nH]nc(NC4CCCNC4)c23)cc1. The Bertz CT molecular complexity index is 1220. The lowest BCUT2D eigenvalue weighted by Crippen LogP contribution is -2.38.